The molecule has 1 fully saturated rings. The van der Waals surface area contributed by atoms with Crippen molar-refractivity contribution in [3.63, 3.8) is 0 Å². The van der Waals surface area contributed by atoms with E-state index in [0.29, 0.717) is 19.8 Å². The van der Waals surface area contributed by atoms with E-state index in [1.165, 1.54) is 5.56 Å². The van der Waals surface area contributed by atoms with Crippen molar-refractivity contribution < 1.29 is 9.47 Å². The van der Waals surface area contributed by atoms with Crippen molar-refractivity contribution in [3.8, 4) is 0 Å². The largest absolute Gasteiger partial charge is 0.346 e. The summed E-state index contributed by atoms with van der Waals surface area (Å²) in [4.78, 5) is 4.07. The highest BCUT2D eigenvalue weighted by atomic mass is 79.9. The minimum Gasteiger partial charge on any atom is -0.346 e. The summed E-state index contributed by atoms with van der Waals surface area (Å²) in [6.45, 7) is 2.03. The Labute approximate surface area is 129 Å². The first-order valence-corrected chi connectivity index (χ1v) is 6.64. The lowest BCUT2D eigenvalue weighted by atomic mass is 10.0. The van der Waals surface area contributed by atoms with Gasteiger partial charge in [0.2, 0.25) is 0 Å². The van der Waals surface area contributed by atoms with Gasteiger partial charge in [0.1, 0.15) is 0 Å². The van der Waals surface area contributed by atoms with Gasteiger partial charge in [-0.25, -0.2) is 4.98 Å². The second-order valence-corrected chi connectivity index (χ2v) is 4.83. The van der Waals surface area contributed by atoms with Gasteiger partial charge in [0.05, 0.1) is 26.1 Å². The van der Waals surface area contributed by atoms with Crippen LogP contribution in [-0.4, -0.2) is 28.6 Å². The number of hydrogen-bond donors (Lipinski definition) is 0. The number of aromatic nitrogens is 2. The van der Waals surface area contributed by atoms with Crippen LogP contribution in [0.15, 0.2) is 49.1 Å². The van der Waals surface area contributed by atoms with Gasteiger partial charge in [0.25, 0.3) is 0 Å². The highest BCUT2D eigenvalue weighted by molar-refractivity contribution is 8.93. The van der Waals surface area contributed by atoms with Crippen LogP contribution in [0.4, 0.5) is 0 Å². The number of nitrogens with zero attached hydrogens (tertiary/aromatic N) is 2. The van der Waals surface area contributed by atoms with E-state index in [2.05, 4.69) is 29.2 Å². The first-order valence-electron chi connectivity index (χ1n) is 6.64. The van der Waals surface area contributed by atoms with Crippen LogP contribution in [0.25, 0.3) is 0 Å². The SMILES string of the molecule is Br.c1ccc(CCC2(Cn3ccnc3)OCCO2)cc1. The number of halogens is 1. The molecule has 0 unspecified atom stereocenters. The van der Waals surface area contributed by atoms with Gasteiger partial charge in [-0.15, -0.1) is 17.0 Å². The molecule has 0 bridgehead atoms. The molecule has 4 nitrogen and oxygen atoms in total. The summed E-state index contributed by atoms with van der Waals surface area (Å²) >= 11 is 0. The van der Waals surface area contributed by atoms with Crippen molar-refractivity contribution in [3.05, 3.63) is 54.6 Å². The van der Waals surface area contributed by atoms with Crippen LogP contribution >= 0.6 is 17.0 Å². The van der Waals surface area contributed by atoms with Crippen LogP contribution in [0.5, 0.6) is 0 Å². The number of aryl methyl sites for hydroxylation is 1. The van der Waals surface area contributed by atoms with Crippen LogP contribution in [0.3, 0.4) is 0 Å². The van der Waals surface area contributed by atoms with Gasteiger partial charge in [0.15, 0.2) is 5.79 Å². The molecule has 2 aromatic rings. The van der Waals surface area contributed by atoms with Crippen molar-refractivity contribution in [2.75, 3.05) is 13.2 Å². The molecule has 1 aliphatic heterocycles. The molecule has 0 aliphatic carbocycles. The van der Waals surface area contributed by atoms with Crippen LogP contribution in [0.1, 0.15) is 12.0 Å². The molecule has 0 spiro atoms. The third-order valence-corrected chi connectivity index (χ3v) is 3.43. The van der Waals surface area contributed by atoms with Crippen LogP contribution in [0.2, 0.25) is 0 Å². The zero-order valence-corrected chi connectivity index (χ0v) is 13.0. The van der Waals surface area contributed by atoms with Gasteiger partial charge in [-0.3, -0.25) is 0 Å². The van der Waals surface area contributed by atoms with Crippen LogP contribution in [-0.2, 0) is 22.4 Å². The predicted octanol–water partition coefficient (Wildman–Crippen LogP) is 2.84. The van der Waals surface area contributed by atoms with Crippen molar-refractivity contribution in [2.45, 2.75) is 25.2 Å². The van der Waals surface area contributed by atoms with Crippen LogP contribution in [0, 0.1) is 0 Å². The van der Waals surface area contributed by atoms with E-state index in [1.54, 1.807) is 12.5 Å². The molecule has 0 amide bonds. The molecule has 2 heterocycles. The zero-order chi connectivity index (χ0) is 13.0. The van der Waals surface area contributed by atoms with E-state index in [-0.39, 0.29) is 17.0 Å². The fourth-order valence-electron chi connectivity index (χ4n) is 2.45. The molecule has 1 aromatic carbocycles. The summed E-state index contributed by atoms with van der Waals surface area (Å²) in [5.41, 5.74) is 1.31. The van der Waals surface area contributed by atoms with Crippen molar-refractivity contribution in [1.82, 2.24) is 9.55 Å². The lowest BCUT2D eigenvalue weighted by Crippen LogP contribution is -2.35. The molecule has 1 saturated heterocycles. The lowest BCUT2D eigenvalue weighted by molar-refractivity contribution is -0.171. The molecule has 20 heavy (non-hydrogen) atoms. The summed E-state index contributed by atoms with van der Waals surface area (Å²) < 4.78 is 13.7. The highest BCUT2D eigenvalue weighted by Crippen LogP contribution is 2.27. The van der Waals surface area contributed by atoms with Gasteiger partial charge < -0.3 is 14.0 Å². The maximum atomic E-state index is 5.86. The Balaban J connectivity index is 0.00000147. The Kier molecular flexibility index (Phi) is 5.34. The molecule has 0 atom stereocenters. The third kappa shape index (κ3) is 3.69. The number of hydrogen-bond acceptors (Lipinski definition) is 3. The molecule has 0 N–H and O–H groups in total. The molecule has 0 radical (unpaired) electrons. The maximum Gasteiger partial charge on any atom is 0.186 e. The van der Waals surface area contributed by atoms with Crippen LogP contribution < -0.4 is 0 Å². The number of rotatable bonds is 5. The Hall–Kier alpha value is -1.17. The summed E-state index contributed by atoms with van der Waals surface area (Å²) in [7, 11) is 0. The maximum absolute atomic E-state index is 5.86. The number of imidazole rings is 1. The average molecular weight is 339 g/mol. The molecule has 3 rings (SSSR count). The van der Waals surface area contributed by atoms with Gasteiger partial charge >= 0.3 is 0 Å². The van der Waals surface area contributed by atoms with E-state index >= 15 is 0 Å². The summed E-state index contributed by atoms with van der Waals surface area (Å²) in [5.74, 6) is -0.503. The first-order chi connectivity index (χ1) is 9.36. The molecular formula is C15H19BrN2O2. The normalized spacial score (nSPS) is 16.8. The second kappa shape index (κ2) is 7.02. The molecule has 108 valence electrons. The summed E-state index contributed by atoms with van der Waals surface area (Å²) in [6.07, 6.45) is 7.33. The monoisotopic (exact) mass is 338 g/mol. The highest BCUT2D eigenvalue weighted by Gasteiger charge is 2.36. The minimum absolute atomic E-state index is 0. The van der Waals surface area contributed by atoms with Gasteiger partial charge in [-0.2, -0.15) is 0 Å². The number of ether oxygens (including phenoxy) is 2. The second-order valence-electron chi connectivity index (χ2n) is 4.83. The smallest absolute Gasteiger partial charge is 0.186 e. The Morgan fingerprint density at radius 1 is 1.15 bits per heavy atom. The molecule has 1 aromatic heterocycles. The summed E-state index contributed by atoms with van der Waals surface area (Å²) in [5, 5.41) is 0. The predicted molar refractivity (Wildman–Crippen MR) is 81.9 cm³/mol. The standard InChI is InChI=1S/C15H18N2O2.BrH/c1-2-4-14(5-3-1)6-7-15(18-10-11-19-15)12-17-9-8-16-13-17;/h1-5,8-9,13H,6-7,10-12H2;1H. The van der Waals surface area contributed by atoms with E-state index in [0.717, 1.165) is 12.8 Å². The Bertz CT molecular complexity index is 496. The Morgan fingerprint density at radius 3 is 2.55 bits per heavy atom. The average Bonchev–Trinajstić information content (AvgIpc) is 3.11. The van der Waals surface area contributed by atoms with E-state index in [1.807, 2.05) is 16.8 Å². The molecular weight excluding hydrogens is 320 g/mol. The fraction of sp³-hybridized carbons (Fsp3) is 0.400. The van der Waals surface area contributed by atoms with E-state index in [9.17, 15) is 0 Å². The van der Waals surface area contributed by atoms with Crippen molar-refractivity contribution in [2.24, 2.45) is 0 Å². The van der Waals surface area contributed by atoms with Gasteiger partial charge in [0, 0.05) is 18.8 Å². The van der Waals surface area contributed by atoms with E-state index in [4.69, 9.17) is 9.47 Å². The van der Waals surface area contributed by atoms with Crippen molar-refractivity contribution >= 4 is 17.0 Å². The van der Waals surface area contributed by atoms with Crippen molar-refractivity contribution in [1.29, 1.82) is 0 Å². The summed E-state index contributed by atoms with van der Waals surface area (Å²) in [6, 6.07) is 10.4. The van der Waals surface area contributed by atoms with E-state index < -0.39 is 5.79 Å². The molecule has 0 saturated carbocycles. The minimum atomic E-state index is -0.503. The first kappa shape index (κ1) is 15.2. The third-order valence-electron chi connectivity index (χ3n) is 3.43. The Morgan fingerprint density at radius 2 is 1.90 bits per heavy atom. The quantitative estimate of drug-likeness (QED) is 0.841. The van der Waals surface area contributed by atoms with Gasteiger partial charge in [-0.1, -0.05) is 30.3 Å². The lowest BCUT2D eigenvalue weighted by Gasteiger charge is -2.27. The van der Waals surface area contributed by atoms with Gasteiger partial charge in [-0.05, 0) is 12.0 Å². The zero-order valence-electron chi connectivity index (χ0n) is 11.3. The topological polar surface area (TPSA) is 36.3 Å². The number of benzene rings is 1. The molecule has 5 heteroatoms. The fourth-order valence-corrected chi connectivity index (χ4v) is 2.45. The molecule has 1 aliphatic rings.